The summed E-state index contributed by atoms with van der Waals surface area (Å²) in [6, 6.07) is 0. The molecule has 8 nitrogen and oxygen atoms in total. The fraction of sp³-hybridized carbons (Fsp3) is 0.600. The molecule has 0 amide bonds. The first-order valence-electron chi connectivity index (χ1n) is 3.41. The average molecular weight is 292 g/mol. The average Bonchev–Trinajstić information content (AvgIpc) is 1.77. The van der Waals surface area contributed by atoms with E-state index in [4.69, 9.17) is 20.0 Å². The van der Waals surface area contributed by atoms with Crippen LogP contribution in [0.1, 0.15) is 0 Å². The molecule has 0 aliphatic heterocycles. The molecule has 0 aliphatic rings. The predicted molar refractivity (Wildman–Crippen MR) is 43.8 cm³/mol. The van der Waals surface area contributed by atoms with Crippen molar-refractivity contribution in [3.63, 3.8) is 0 Å². The van der Waals surface area contributed by atoms with Crippen LogP contribution in [-0.4, -0.2) is 56.2 Å². The van der Waals surface area contributed by atoms with E-state index in [9.17, 15) is 14.2 Å². The van der Waals surface area contributed by atoms with Crippen molar-refractivity contribution in [3.8, 4) is 0 Å². The molecule has 15 heavy (non-hydrogen) atoms. The van der Waals surface area contributed by atoms with E-state index in [0.717, 1.165) is 0 Å². The minimum Gasteiger partial charge on any atom is -0.480 e. The molecule has 4 N–H and O–H groups in total. The number of rotatable bonds is 6. The molecule has 0 unspecified atom stereocenters. The predicted octanol–water partition coefficient (Wildman–Crippen LogP) is -1.41. The molecule has 0 bridgehead atoms. The van der Waals surface area contributed by atoms with E-state index in [1.165, 1.54) is 0 Å². The number of hydrogen-bond acceptors (Lipinski definition) is 4. The van der Waals surface area contributed by atoms with Crippen molar-refractivity contribution >= 4 is 19.5 Å². The van der Waals surface area contributed by atoms with E-state index in [1.54, 1.807) is 0 Å². The second-order valence-corrected chi connectivity index (χ2v) is 4.19. The molecule has 82 valence electrons. The van der Waals surface area contributed by atoms with Crippen LogP contribution in [0.25, 0.3) is 0 Å². The molecule has 0 aromatic rings. The van der Waals surface area contributed by atoms with Crippen LogP contribution in [0.4, 0.5) is 0 Å². The van der Waals surface area contributed by atoms with Crippen LogP contribution >= 0.6 is 7.60 Å². The molecule has 10 heteroatoms. The van der Waals surface area contributed by atoms with Gasteiger partial charge in [0.05, 0.1) is 13.1 Å². The summed E-state index contributed by atoms with van der Waals surface area (Å²) in [7, 11) is -4.44. The van der Waals surface area contributed by atoms with Crippen molar-refractivity contribution < 1.29 is 53.6 Å². The second-order valence-electron chi connectivity index (χ2n) is 2.58. The van der Waals surface area contributed by atoms with Crippen LogP contribution in [0, 0.1) is 0 Å². The van der Waals surface area contributed by atoms with Crippen LogP contribution in [0.3, 0.4) is 0 Å². The summed E-state index contributed by atoms with van der Waals surface area (Å²) < 4.78 is 10.5. The zero-order valence-electron chi connectivity index (χ0n) is 7.74. The van der Waals surface area contributed by atoms with Gasteiger partial charge >= 0.3 is 39.0 Å². The third-order valence-electron chi connectivity index (χ3n) is 1.10. The smallest absolute Gasteiger partial charge is 0.480 e. The van der Waals surface area contributed by atoms with Crippen molar-refractivity contribution in [1.29, 1.82) is 0 Å². The number of carboxylic acid groups (broad SMARTS) is 2. The molecule has 0 fully saturated rings. The minimum absolute atomic E-state index is 0. The van der Waals surface area contributed by atoms with E-state index in [1.807, 2.05) is 0 Å². The zero-order chi connectivity index (χ0) is 11.4. The molecular formula is C5H10NO7PZn+2. The van der Waals surface area contributed by atoms with Crippen molar-refractivity contribution in [2.75, 3.05) is 19.4 Å². The summed E-state index contributed by atoms with van der Waals surface area (Å²) >= 11 is 0. The Morgan fingerprint density at radius 2 is 1.40 bits per heavy atom. The molecule has 0 aromatic heterocycles. The van der Waals surface area contributed by atoms with Crippen LogP contribution in [0.15, 0.2) is 0 Å². The van der Waals surface area contributed by atoms with E-state index in [-0.39, 0.29) is 19.5 Å². The third-order valence-corrected chi connectivity index (χ3v) is 1.87. The van der Waals surface area contributed by atoms with Gasteiger partial charge in [0, 0.05) is 0 Å². The van der Waals surface area contributed by atoms with Crippen molar-refractivity contribution in [2.45, 2.75) is 0 Å². The van der Waals surface area contributed by atoms with Crippen molar-refractivity contribution in [2.24, 2.45) is 0 Å². The Labute approximate surface area is 97.8 Å². The van der Waals surface area contributed by atoms with Gasteiger partial charge in [0.25, 0.3) is 0 Å². The standard InChI is InChI=1S/C5H10NO7P.Zn/c7-4(8)1-6(2-5(9)10)3-14(11,12)13;/h1-3H2,(H,7,8)(H,9,10)(H2,11,12,13);/q;+2. The normalized spacial score (nSPS) is 10.9. The van der Waals surface area contributed by atoms with Crippen LogP contribution in [-0.2, 0) is 33.6 Å². The van der Waals surface area contributed by atoms with Crippen LogP contribution < -0.4 is 0 Å². The van der Waals surface area contributed by atoms with Gasteiger partial charge in [0.2, 0.25) is 0 Å². The van der Waals surface area contributed by atoms with Gasteiger partial charge in [-0.1, -0.05) is 0 Å². The summed E-state index contributed by atoms with van der Waals surface area (Å²) in [4.78, 5) is 38.0. The minimum atomic E-state index is -4.44. The monoisotopic (exact) mass is 291 g/mol. The Hall–Kier alpha value is -0.327. The maximum Gasteiger partial charge on any atom is 2.00 e. The van der Waals surface area contributed by atoms with Gasteiger partial charge in [-0.25, -0.2) is 0 Å². The van der Waals surface area contributed by atoms with Crippen molar-refractivity contribution in [3.05, 3.63) is 0 Å². The number of hydrogen-bond donors (Lipinski definition) is 4. The first-order valence-corrected chi connectivity index (χ1v) is 5.21. The number of carboxylic acids is 2. The Bertz CT molecular complexity index is 261. The maximum absolute atomic E-state index is 10.5. The molecule has 0 aliphatic carbocycles. The third kappa shape index (κ3) is 11.6. The molecule has 0 spiro atoms. The Balaban J connectivity index is 0. The molecule has 0 radical (unpaired) electrons. The first kappa shape index (κ1) is 17.1. The molecular weight excluding hydrogens is 282 g/mol. The summed E-state index contributed by atoms with van der Waals surface area (Å²) in [5.41, 5.74) is 0. The zero-order valence-corrected chi connectivity index (χ0v) is 11.6. The van der Waals surface area contributed by atoms with Gasteiger partial charge in [0.15, 0.2) is 0 Å². The Morgan fingerprint density at radius 3 is 1.60 bits per heavy atom. The molecule has 0 saturated heterocycles. The molecule has 0 aromatic carbocycles. The molecule has 0 heterocycles. The fourth-order valence-electron chi connectivity index (χ4n) is 0.799. The summed E-state index contributed by atoms with van der Waals surface area (Å²) in [6.45, 7) is -1.45. The van der Waals surface area contributed by atoms with Gasteiger partial charge < -0.3 is 20.0 Å². The summed E-state index contributed by atoms with van der Waals surface area (Å²) in [6.07, 6.45) is -0.883. The number of aliphatic carboxylic acids is 2. The summed E-state index contributed by atoms with van der Waals surface area (Å²) in [5.74, 6) is -2.70. The fourth-order valence-corrected chi connectivity index (χ4v) is 1.52. The Kier molecular flexibility index (Phi) is 8.01. The van der Waals surface area contributed by atoms with Gasteiger partial charge in [-0.05, 0) is 0 Å². The van der Waals surface area contributed by atoms with Gasteiger partial charge in [-0.2, -0.15) is 0 Å². The topological polar surface area (TPSA) is 135 Å². The van der Waals surface area contributed by atoms with E-state index < -0.39 is 38.9 Å². The second kappa shape index (κ2) is 7.03. The van der Waals surface area contributed by atoms with Crippen molar-refractivity contribution in [1.82, 2.24) is 4.90 Å². The SMILES string of the molecule is O=C(O)CN(CC(=O)O)CP(=O)(O)O.[Zn+2]. The van der Waals surface area contributed by atoms with Crippen LogP contribution in [0.2, 0.25) is 0 Å². The van der Waals surface area contributed by atoms with E-state index >= 15 is 0 Å². The maximum atomic E-state index is 10.5. The van der Waals surface area contributed by atoms with Gasteiger partial charge in [-0.3, -0.25) is 19.1 Å². The quantitative estimate of drug-likeness (QED) is 0.346. The first-order chi connectivity index (χ1) is 6.20. The van der Waals surface area contributed by atoms with Gasteiger partial charge in [-0.15, -0.1) is 0 Å². The molecule has 0 rings (SSSR count). The van der Waals surface area contributed by atoms with E-state index in [0.29, 0.717) is 4.90 Å². The largest absolute Gasteiger partial charge is 2.00 e. The number of nitrogens with zero attached hydrogens (tertiary/aromatic N) is 1. The molecule has 0 atom stereocenters. The Morgan fingerprint density at radius 1 is 1.07 bits per heavy atom. The summed E-state index contributed by atoms with van der Waals surface area (Å²) in [5, 5.41) is 16.6. The molecule has 0 saturated carbocycles. The van der Waals surface area contributed by atoms with E-state index in [2.05, 4.69) is 0 Å². The van der Waals surface area contributed by atoms with Crippen LogP contribution in [0.5, 0.6) is 0 Å². The number of carbonyl (C=O) groups is 2. The van der Waals surface area contributed by atoms with Gasteiger partial charge in [0.1, 0.15) is 6.29 Å².